The Labute approximate surface area is 79.4 Å². The van der Waals surface area contributed by atoms with Gasteiger partial charge >= 0.3 is 12.3 Å². The van der Waals surface area contributed by atoms with Crippen LogP contribution in [0.5, 0.6) is 0 Å². The van der Waals surface area contributed by atoms with Crippen molar-refractivity contribution in [2.24, 2.45) is 0 Å². The third kappa shape index (κ3) is 7.66. The van der Waals surface area contributed by atoms with E-state index in [4.69, 9.17) is 0 Å². The van der Waals surface area contributed by atoms with Gasteiger partial charge in [-0.1, -0.05) is 0 Å². The van der Waals surface area contributed by atoms with Crippen LogP contribution in [0.3, 0.4) is 0 Å². The van der Waals surface area contributed by atoms with Crippen LogP contribution in [-0.2, 0) is 9.47 Å². The number of methoxy groups -OCH3 is 1. The van der Waals surface area contributed by atoms with Gasteiger partial charge in [-0.25, -0.2) is 4.79 Å². The van der Waals surface area contributed by atoms with E-state index in [1.165, 1.54) is 7.11 Å². The zero-order valence-electron chi connectivity index (χ0n) is 7.85. The average molecular weight is 215 g/mol. The van der Waals surface area contributed by atoms with Crippen LogP contribution >= 0.6 is 0 Å². The van der Waals surface area contributed by atoms with Gasteiger partial charge in [-0.2, -0.15) is 13.2 Å². The number of hydrogen-bond donors (Lipinski definition) is 1. The number of carbonyl (C=O) groups excluding carboxylic acids is 1. The van der Waals surface area contributed by atoms with Gasteiger partial charge in [0, 0.05) is 7.11 Å². The Morgan fingerprint density at radius 1 is 1.50 bits per heavy atom. The molecule has 0 saturated heterocycles. The van der Waals surface area contributed by atoms with Crippen LogP contribution in [0.1, 0.15) is 6.92 Å². The highest BCUT2D eigenvalue weighted by molar-refractivity contribution is 5.67. The van der Waals surface area contributed by atoms with Crippen LogP contribution < -0.4 is 5.32 Å². The first kappa shape index (κ1) is 13.0. The lowest BCUT2D eigenvalue weighted by atomic mass is 10.4. The minimum atomic E-state index is -4.50. The average Bonchev–Trinajstić information content (AvgIpc) is 2.00. The van der Waals surface area contributed by atoms with Crippen LogP contribution in [0.4, 0.5) is 18.0 Å². The molecule has 0 bridgehead atoms. The van der Waals surface area contributed by atoms with E-state index in [1.807, 2.05) is 0 Å². The lowest BCUT2D eigenvalue weighted by Gasteiger charge is -2.13. The maximum absolute atomic E-state index is 11.6. The molecule has 1 N–H and O–H groups in total. The lowest BCUT2D eigenvalue weighted by molar-refractivity contribution is -0.160. The monoisotopic (exact) mass is 215 g/mol. The fraction of sp³-hybridized carbons (Fsp3) is 0.857. The normalized spacial score (nSPS) is 13.5. The van der Waals surface area contributed by atoms with Crippen molar-refractivity contribution in [2.45, 2.75) is 19.1 Å². The van der Waals surface area contributed by atoms with Gasteiger partial charge in [0.05, 0.1) is 12.6 Å². The van der Waals surface area contributed by atoms with Crippen LogP contribution in [0.15, 0.2) is 0 Å². The summed E-state index contributed by atoms with van der Waals surface area (Å²) in [5.74, 6) is 0. The number of nitrogens with one attached hydrogen (secondary N) is 1. The van der Waals surface area contributed by atoms with E-state index in [-0.39, 0.29) is 12.6 Å². The summed E-state index contributed by atoms with van der Waals surface area (Å²) in [6.07, 6.45) is -5.60. The van der Waals surface area contributed by atoms with Crippen molar-refractivity contribution < 1.29 is 27.4 Å². The summed E-state index contributed by atoms with van der Waals surface area (Å²) < 4.78 is 43.3. The molecule has 1 amide bonds. The molecule has 0 aliphatic heterocycles. The van der Waals surface area contributed by atoms with Gasteiger partial charge in [0.2, 0.25) is 0 Å². The second-order valence-electron chi connectivity index (χ2n) is 2.69. The number of halogens is 3. The van der Waals surface area contributed by atoms with E-state index in [0.29, 0.717) is 0 Å². The van der Waals surface area contributed by atoms with Crippen LogP contribution in [0, 0.1) is 0 Å². The number of rotatable bonds is 4. The summed E-state index contributed by atoms with van der Waals surface area (Å²) in [6.45, 7) is 0.206. The van der Waals surface area contributed by atoms with Crippen molar-refractivity contribution in [3.05, 3.63) is 0 Å². The first-order valence-corrected chi connectivity index (χ1v) is 3.84. The molecule has 0 aromatic carbocycles. The third-order valence-electron chi connectivity index (χ3n) is 1.15. The molecule has 0 rings (SSSR count). The van der Waals surface area contributed by atoms with E-state index < -0.39 is 18.9 Å². The third-order valence-corrected chi connectivity index (χ3v) is 1.15. The van der Waals surface area contributed by atoms with Gasteiger partial charge in [-0.15, -0.1) is 0 Å². The topological polar surface area (TPSA) is 47.6 Å². The number of alkyl carbamates (subject to hydrolysis) is 1. The van der Waals surface area contributed by atoms with Crippen molar-refractivity contribution in [1.82, 2.24) is 5.32 Å². The van der Waals surface area contributed by atoms with Gasteiger partial charge in [0.25, 0.3) is 0 Å². The fourth-order valence-electron chi connectivity index (χ4n) is 0.682. The van der Waals surface area contributed by atoms with Gasteiger partial charge in [-0.3, -0.25) is 0 Å². The Morgan fingerprint density at radius 2 is 2.07 bits per heavy atom. The number of ether oxygens (including phenoxy) is 2. The largest absolute Gasteiger partial charge is 0.440 e. The molecule has 0 fully saturated rings. The summed E-state index contributed by atoms with van der Waals surface area (Å²) >= 11 is 0. The smallest absolute Gasteiger partial charge is 0.422 e. The SMILES string of the molecule is COC[C@@H](C)NC(=O)OCC(F)(F)F. The Hall–Kier alpha value is -0.980. The Morgan fingerprint density at radius 3 is 2.50 bits per heavy atom. The molecular formula is C7H12F3NO3. The molecule has 7 heteroatoms. The molecule has 0 aromatic rings. The molecule has 1 atom stereocenters. The zero-order valence-corrected chi connectivity index (χ0v) is 7.85. The molecule has 0 heterocycles. The predicted octanol–water partition coefficient (Wildman–Crippen LogP) is 1.31. The Kier molecular flexibility index (Phi) is 5.29. The second kappa shape index (κ2) is 5.69. The first-order valence-electron chi connectivity index (χ1n) is 3.84. The second-order valence-corrected chi connectivity index (χ2v) is 2.69. The van der Waals surface area contributed by atoms with E-state index in [2.05, 4.69) is 14.8 Å². The molecule has 0 unspecified atom stereocenters. The Bertz CT molecular complexity index is 184. The molecule has 0 aliphatic carbocycles. The molecule has 14 heavy (non-hydrogen) atoms. The van der Waals surface area contributed by atoms with Crippen molar-refractivity contribution in [1.29, 1.82) is 0 Å². The lowest BCUT2D eigenvalue weighted by Crippen LogP contribution is -2.37. The quantitative estimate of drug-likeness (QED) is 0.769. The maximum atomic E-state index is 11.6. The molecule has 4 nitrogen and oxygen atoms in total. The molecule has 84 valence electrons. The van der Waals surface area contributed by atoms with Crippen molar-refractivity contribution >= 4 is 6.09 Å². The number of amides is 1. The number of carbonyl (C=O) groups is 1. The van der Waals surface area contributed by atoms with Gasteiger partial charge in [0.15, 0.2) is 6.61 Å². The summed E-state index contributed by atoms with van der Waals surface area (Å²) in [5.41, 5.74) is 0. The van der Waals surface area contributed by atoms with E-state index in [0.717, 1.165) is 0 Å². The minimum Gasteiger partial charge on any atom is -0.440 e. The highest BCUT2D eigenvalue weighted by atomic mass is 19.4. The number of hydrogen-bond acceptors (Lipinski definition) is 3. The van der Waals surface area contributed by atoms with Crippen molar-refractivity contribution in [3.63, 3.8) is 0 Å². The highest BCUT2D eigenvalue weighted by Crippen LogP contribution is 2.14. The molecule has 0 aliphatic rings. The van der Waals surface area contributed by atoms with Crippen LogP contribution in [0.25, 0.3) is 0 Å². The number of alkyl halides is 3. The van der Waals surface area contributed by atoms with Gasteiger partial charge < -0.3 is 14.8 Å². The van der Waals surface area contributed by atoms with Gasteiger partial charge in [0.1, 0.15) is 0 Å². The summed E-state index contributed by atoms with van der Waals surface area (Å²) in [4.78, 5) is 10.7. The first-order chi connectivity index (χ1) is 6.35. The van der Waals surface area contributed by atoms with Crippen LogP contribution in [-0.4, -0.2) is 38.6 Å². The zero-order chi connectivity index (χ0) is 11.2. The fourth-order valence-corrected chi connectivity index (χ4v) is 0.682. The van der Waals surface area contributed by atoms with Gasteiger partial charge in [-0.05, 0) is 6.92 Å². The predicted molar refractivity (Wildman–Crippen MR) is 41.9 cm³/mol. The minimum absolute atomic E-state index is 0.209. The van der Waals surface area contributed by atoms with E-state index in [9.17, 15) is 18.0 Å². The molecule has 0 radical (unpaired) electrons. The standard InChI is InChI=1S/C7H12F3NO3/c1-5(3-13-2)11-6(12)14-4-7(8,9)10/h5H,3-4H2,1-2H3,(H,11,12)/t5-/m1/s1. The van der Waals surface area contributed by atoms with E-state index in [1.54, 1.807) is 6.92 Å². The molecule has 0 aromatic heterocycles. The summed E-state index contributed by atoms with van der Waals surface area (Å²) in [5, 5.41) is 2.17. The van der Waals surface area contributed by atoms with E-state index >= 15 is 0 Å². The molecule has 0 spiro atoms. The molecule has 0 saturated carbocycles. The van der Waals surface area contributed by atoms with Crippen molar-refractivity contribution in [2.75, 3.05) is 20.3 Å². The van der Waals surface area contributed by atoms with Crippen molar-refractivity contribution in [3.8, 4) is 0 Å². The summed E-state index contributed by atoms with van der Waals surface area (Å²) in [6, 6.07) is -0.388. The highest BCUT2D eigenvalue weighted by Gasteiger charge is 2.29. The molecular weight excluding hydrogens is 203 g/mol. The maximum Gasteiger partial charge on any atom is 0.422 e. The Balaban J connectivity index is 3.65. The summed E-state index contributed by atoms with van der Waals surface area (Å²) in [7, 11) is 1.42. The van der Waals surface area contributed by atoms with Crippen LogP contribution in [0.2, 0.25) is 0 Å².